The molecule has 1 aliphatic rings. The Balaban J connectivity index is 1.99. The fourth-order valence-electron chi connectivity index (χ4n) is 2.65. The maximum absolute atomic E-state index is 10.2. The van der Waals surface area contributed by atoms with E-state index in [0.717, 1.165) is 25.7 Å². The Morgan fingerprint density at radius 3 is 2.20 bits per heavy atom. The van der Waals surface area contributed by atoms with E-state index < -0.39 is 5.60 Å². The molecular weight excluding hydrogens is 184 g/mol. The lowest BCUT2D eigenvalue weighted by Gasteiger charge is -2.42. The van der Waals surface area contributed by atoms with Gasteiger partial charge in [0.25, 0.3) is 0 Å². The van der Waals surface area contributed by atoms with Gasteiger partial charge in [-0.1, -0.05) is 38.1 Å². The smallest absolute Gasteiger partial charge is 0.0693 e. The highest BCUT2D eigenvalue weighted by atomic mass is 16.3. The lowest BCUT2D eigenvalue weighted by atomic mass is 9.69. The van der Waals surface area contributed by atoms with Crippen molar-refractivity contribution in [3.05, 3.63) is 35.4 Å². The van der Waals surface area contributed by atoms with E-state index in [4.69, 9.17) is 0 Å². The van der Waals surface area contributed by atoms with Gasteiger partial charge in [-0.2, -0.15) is 0 Å². The van der Waals surface area contributed by atoms with E-state index >= 15 is 0 Å². The van der Waals surface area contributed by atoms with Crippen LogP contribution in [0.1, 0.15) is 37.8 Å². The number of benzene rings is 1. The van der Waals surface area contributed by atoms with Gasteiger partial charge in [0.2, 0.25) is 0 Å². The second kappa shape index (κ2) is 3.97. The summed E-state index contributed by atoms with van der Waals surface area (Å²) in [6.07, 6.45) is 3.83. The molecule has 0 spiro atoms. The number of hydrogen-bond acceptors (Lipinski definition) is 1. The summed E-state index contributed by atoms with van der Waals surface area (Å²) in [5, 5.41) is 10.2. The number of rotatable bonds is 3. The highest BCUT2D eigenvalue weighted by molar-refractivity contribution is 5.24. The van der Waals surface area contributed by atoms with Crippen molar-refractivity contribution < 1.29 is 5.11 Å². The average Bonchev–Trinajstić information content (AvgIpc) is 2.17. The van der Waals surface area contributed by atoms with Crippen LogP contribution in [0.5, 0.6) is 0 Å². The van der Waals surface area contributed by atoms with Gasteiger partial charge >= 0.3 is 0 Å². The Hall–Kier alpha value is -0.820. The Morgan fingerprint density at radius 1 is 1.20 bits per heavy atom. The number of aryl methyl sites for hydroxylation is 1. The standard InChI is InChI=1S/C14H20O/c1-3-12-4-6-13(7-5-12)10-14(15)8-11(2)9-14/h4-7,11,15H,3,8-10H2,1-2H3. The molecule has 1 N–H and O–H groups in total. The fraction of sp³-hybridized carbons (Fsp3) is 0.571. The molecule has 0 saturated heterocycles. The van der Waals surface area contributed by atoms with Gasteiger partial charge in [0.1, 0.15) is 0 Å². The summed E-state index contributed by atoms with van der Waals surface area (Å²) in [6, 6.07) is 8.64. The third-order valence-electron chi connectivity index (χ3n) is 3.42. The molecule has 0 aliphatic heterocycles. The van der Waals surface area contributed by atoms with E-state index in [1.54, 1.807) is 0 Å². The molecule has 0 amide bonds. The normalized spacial score (nSPS) is 29.9. The lowest BCUT2D eigenvalue weighted by Crippen LogP contribution is -2.44. The Bertz CT molecular complexity index is 320. The predicted molar refractivity (Wildman–Crippen MR) is 62.9 cm³/mol. The molecule has 0 aromatic heterocycles. The zero-order valence-corrected chi connectivity index (χ0v) is 9.66. The summed E-state index contributed by atoms with van der Waals surface area (Å²) in [5.74, 6) is 0.699. The molecule has 1 aromatic carbocycles. The van der Waals surface area contributed by atoms with Gasteiger partial charge in [-0.15, -0.1) is 0 Å². The van der Waals surface area contributed by atoms with Crippen LogP contribution in [0.4, 0.5) is 0 Å². The van der Waals surface area contributed by atoms with Crippen molar-refractivity contribution in [3.8, 4) is 0 Å². The van der Waals surface area contributed by atoms with Gasteiger partial charge in [0, 0.05) is 6.42 Å². The van der Waals surface area contributed by atoms with E-state index in [9.17, 15) is 5.11 Å². The van der Waals surface area contributed by atoms with Crippen LogP contribution in [-0.2, 0) is 12.8 Å². The van der Waals surface area contributed by atoms with E-state index in [-0.39, 0.29) is 0 Å². The van der Waals surface area contributed by atoms with Crippen molar-refractivity contribution in [2.24, 2.45) is 5.92 Å². The van der Waals surface area contributed by atoms with Crippen molar-refractivity contribution >= 4 is 0 Å². The Kier molecular flexibility index (Phi) is 2.83. The van der Waals surface area contributed by atoms with Crippen molar-refractivity contribution in [2.45, 2.75) is 45.1 Å². The van der Waals surface area contributed by atoms with Crippen LogP contribution in [0.2, 0.25) is 0 Å². The highest BCUT2D eigenvalue weighted by Gasteiger charge is 2.39. The largest absolute Gasteiger partial charge is 0.390 e. The van der Waals surface area contributed by atoms with Crippen LogP contribution in [0.15, 0.2) is 24.3 Å². The quantitative estimate of drug-likeness (QED) is 0.802. The molecule has 2 rings (SSSR count). The zero-order valence-electron chi connectivity index (χ0n) is 9.66. The average molecular weight is 204 g/mol. The summed E-state index contributed by atoms with van der Waals surface area (Å²) < 4.78 is 0. The molecule has 1 saturated carbocycles. The van der Waals surface area contributed by atoms with E-state index in [2.05, 4.69) is 38.1 Å². The molecule has 1 heteroatoms. The maximum atomic E-state index is 10.2. The van der Waals surface area contributed by atoms with Crippen molar-refractivity contribution in [1.29, 1.82) is 0 Å². The second-order valence-electron chi connectivity index (χ2n) is 5.08. The third-order valence-corrected chi connectivity index (χ3v) is 3.42. The molecule has 0 heterocycles. The van der Waals surface area contributed by atoms with Crippen LogP contribution in [-0.4, -0.2) is 10.7 Å². The van der Waals surface area contributed by atoms with E-state index in [1.165, 1.54) is 11.1 Å². The summed E-state index contributed by atoms with van der Waals surface area (Å²) in [4.78, 5) is 0. The first-order valence-electron chi connectivity index (χ1n) is 5.91. The van der Waals surface area contributed by atoms with E-state index in [1.807, 2.05) is 0 Å². The topological polar surface area (TPSA) is 20.2 Å². The molecule has 1 nitrogen and oxygen atoms in total. The fourth-order valence-corrected chi connectivity index (χ4v) is 2.65. The summed E-state index contributed by atoms with van der Waals surface area (Å²) in [6.45, 7) is 4.37. The molecule has 0 unspecified atom stereocenters. The van der Waals surface area contributed by atoms with Crippen LogP contribution in [0.25, 0.3) is 0 Å². The first-order chi connectivity index (χ1) is 7.11. The summed E-state index contributed by atoms with van der Waals surface area (Å²) in [5.41, 5.74) is 2.22. The number of hydrogen-bond donors (Lipinski definition) is 1. The molecule has 1 aromatic rings. The van der Waals surface area contributed by atoms with Crippen molar-refractivity contribution in [1.82, 2.24) is 0 Å². The second-order valence-corrected chi connectivity index (χ2v) is 5.08. The number of aliphatic hydroxyl groups is 1. The maximum Gasteiger partial charge on any atom is 0.0693 e. The molecule has 82 valence electrons. The van der Waals surface area contributed by atoms with Crippen LogP contribution in [0.3, 0.4) is 0 Å². The SMILES string of the molecule is CCc1ccc(CC2(O)CC(C)C2)cc1. The Labute approximate surface area is 92.1 Å². The molecule has 0 radical (unpaired) electrons. The first-order valence-corrected chi connectivity index (χ1v) is 5.91. The highest BCUT2D eigenvalue weighted by Crippen LogP contribution is 2.39. The summed E-state index contributed by atoms with van der Waals surface area (Å²) >= 11 is 0. The minimum atomic E-state index is -0.410. The van der Waals surface area contributed by atoms with Crippen molar-refractivity contribution in [2.75, 3.05) is 0 Å². The van der Waals surface area contributed by atoms with Crippen LogP contribution in [0, 0.1) is 5.92 Å². The van der Waals surface area contributed by atoms with Gasteiger partial charge in [-0.05, 0) is 36.3 Å². The van der Waals surface area contributed by atoms with Gasteiger partial charge in [-0.25, -0.2) is 0 Å². The van der Waals surface area contributed by atoms with Gasteiger partial charge in [0.15, 0.2) is 0 Å². The van der Waals surface area contributed by atoms with Gasteiger partial charge < -0.3 is 5.11 Å². The molecular formula is C14H20O. The lowest BCUT2D eigenvalue weighted by molar-refractivity contribution is -0.0665. The minimum absolute atomic E-state index is 0.410. The molecule has 15 heavy (non-hydrogen) atoms. The Morgan fingerprint density at radius 2 is 1.73 bits per heavy atom. The van der Waals surface area contributed by atoms with E-state index in [0.29, 0.717) is 5.92 Å². The van der Waals surface area contributed by atoms with Crippen molar-refractivity contribution in [3.63, 3.8) is 0 Å². The molecule has 1 fully saturated rings. The van der Waals surface area contributed by atoms with Crippen LogP contribution < -0.4 is 0 Å². The van der Waals surface area contributed by atoms with Crippen LogP contribution >= 0.6 is 0 Å². The van der Waals surface area contributed by atoms with Gasteiger partial charge in [0.05, 0.1) is 5.60 Å². The summed E-state index contributed by atoms with van der Waals surface area (Å²) in [7, 11) is 0. The molecule has 0 bridgehead atoms. The molecule has 0 atom stereocenters. The monoisotopic (exact) mass is 204 g/mol. The first kappa shape index (κ1) is 10.7. The molecule has 1 aliphatic carbocycles. The van der Waals surface area contributed by atoms with Gasteiger partial charge in [-0.3, -0.25) is 0 Å². The predicted octanol–water partition coefficient (Wildman–Crippen LogP) is 2.95. The zero-order chi connectivity index (χ0) is 10.9. The third kappa shape index (κ3) is 2.40. The minimum Gasteiger partial charge on any atom is -0.390 e.